The Morgan fingerprint density at radius 2 is 2.06 bits per heavy atom. The van der Waals surface area contributed by atoms with Crippen molar-refractivity contribution in [3.05, 3.63) is 29.8 Å². The lowest BCUT2D eigenvalue weighted by Gasteiger charge is -2.15. The highest BCUT2D eigenvalue weighted by Gasteiger charge is 2.11. The van der Waals surface area contributed by atoms with E-state index < -0.39 is 6.10 Å². The van der Waals surface area contributed by atoms with Gasteiger partial charge in [0.1, 0.15) is 5.75 Å². The molecule has 0 aliphatic heterocycles. The molecule has 0 radical (unpaired) electrons. The first-order valence-corrected chi connectivity index (χ1v) is 6.23. The molecule has 1 unspecified atom stereocenters. The van der Waals surface area contributed by atoms with Gasteiger partial charge in [0.2, 0.25) is 0 Å². The molecular formula is C14H21NO3. The molecule has 1 aromatic carbocycles. The van der Waals surface area contributed by atoms with Crippen LogP contribution in [0.1, 0.15) is 38.9 Å². The van der Waals surface area contributed by atoms with E-state index in [-0.39, 0.29) is 18.6 Å². The van der Waals surface area contributed by atoms with Gasteiger partial charge in [-0.05, 0) is 26.3 Å². The summed E-state index contributed by atoms with van der Waals surface area (Å²) >= 11 is 0. The maximum atomic E-state index is 11.6. The third-order valence-electron chi connectivity index (χ3n) is 2.75. The zero-order valence-electron chi connectivity index (χ0n) is 11.1. The van der Waals surface area contributed by atoms with Crippen LogP contribution in [0.4, 0.5) is 0 Å². The van der Waals surface area contributed by atoms with E-state index in [1.54, 1.807) is 19.1 Å². The molecule has 2 atom stereocenters. The maximum Gasteiger partial charge on any atom is 0.258 e. The summed E-state index contributed by atoms with van der Waals surface area (Å²) < 4.78 is 5.43. The van der Waals surface area contributed by atoms with Crippen LogP contribution >= 0.6 is 0 Å². The second-order valence-electron chi connectivity index (χ2n) is 4.38. The Morgan fingerprint density at radius 1 is 1.39 bits per heavy atom. The highest BCUT2D eigenvalue weighted by Crippen LogP contribution is 2.24. The van der Waals surface area contributed by atoms with Crippen LogP contribution < -0.4 is 10.1 Å². The van der Waals surface area contributed by atoms with Crippen LogP contribution in [0.2, 0.25) is 0 Å². The van der Waals surface area contributed by atoms with Crippen molar-refractivity contribution in [1.29, 1.82) is 0 Å². The number of carbonyl (C=O) groups is 1. The van der Waals surface area contributed by atoms with E-state index in [0.717, 1.165) is 6.42 Å². The van der Waals surface area contributed by atoms with Crippen molar-refractivity contribution in [2.45, 2.75) is 39.3 Å². The molecule has 0 bridgehead atoms. The molecule has 0 aliphatic carbocycles. The molecule has 0 spiro atoms. The predicted molar refractivity (Wildman–Crippen MR) is 70.5 cm³/mol. The van der Waals surface area contributed by atoms with Crippen molar-refractivity contribution in [3.8, 4) is 5.75 Å². The average Bonchev–Trinajstić information content (AvgIpc) is 2.36. The molecule has 2 N–H and O–H groups in total. The first-order valence-electron chi connectivity index (χ1n) is 6.23. The van der Waals surface area contributed by atoms with Gasteiger partial charge in [-0.25, -0.2) is 0 Å². The summed E-state index contributed by atoms with van der Waals surface area (Å²) in [5.74, 6) is 0.400. The number of hydrogen-bond donors (Lipinski definition) is 2. The number of carbonyl (C=O) groups excluding carboxylic acids is 1. The van der Waals surface area contributed by atoms with Gasteiger partial charge in [-0.3, -0.25) is 4.79 Å². The van der Waals surface area contributed by atoms with E-state index in [1.165, 1.54) is 0 Å². The highest BCUT2D eigenvalue weighted by atomic mass is 16.5. The monoisotopic (exact) mass is 251 g/mol. The lowest BCUT2D eigenvalue weighted by atomic mass is 10.1. The normalized spacial score (nSPS) is 13.8. The maximum absolute atomic E-state index is 11.6. The minimum Gasteiger partial charge on any atom is -0.483 e. The molecule has 0 fully saturated rings. The summed E-state index contributed by atoms with van der Waals surface area (Å²) in [6, 6.07) is 7.32. The van der Waals surface area contributed by atoms with Crippen LogP contribution in [0.3, 0.4) is 0 Å². The fourth-order valence-corrected chi connectivity index (χ4v) is 1.52. The van der Waals surface area contributed by atoms with E-state index >= 15 is 0 Å². The van der Waals surface area contributed by atoms with Crippen LogP contribution in [0.15, 0.2) is 24.3 Å². The molecule has 1 amide bonds. The zero-order valence-corrected chi connectivity index (χ0v) is 11.1. The van der Waals surface area contributed by atoms with Gasteiger partial charge in [0.15, 0.2) is 6.61 Å². The minimum atomic E-state index is -0.612. The molecule has 0 saturated carbocycles. The van der Waals surface area contributed by atoms with E-state index in [0.29, 0.717) is 11.3 Å². The van der Waals surface area contributed by atoms with Crippen molar-refractivity contribution in [3.63, 3.8) is 0 Å². The van der Waals surface area contributed by atoms with Crippen LogP contribution in [0.25, 0.3) is 0 Å². The van der Waals surface area contributed by atoms with Gasteiger partial charge in [0, 0.05) is 11.6 Å². The van der Waals surface area contributed by atoms with Gasteiger partial charge < -0.3 is 15.2 Å². The fourth-order valence-electron chi connectivity index (χ4n) is 1.52. The molecule has 100 valence electrons. The fraction of sp³-hybridized carbons (Fsp3) is 0.500. The van der Waals surface area contributed by atoms with Crippen molar-refractivity contribution in [1.82, 2.24) is 5.32 Å². The van der Waals surface area contributed by atoms with Gasteiger partial charge in [-0.15, -0.1) is 0 Å². The number of amides is 1. The number of ether oxygens (including phenoxy) is 1. The smallest absolute Gasteiger partial charge is 0.258 e. The summed E-state index contributed by atoms with van der Waals surface area (Å²) in [6.45, 7) is 5.59. The van der Waals surface area contributed by atoms with Crippen LogP contribution in [-0.4, -0.2) is 23.7 Å². The minimum absolute atomic E-state index is 0.0337. The van der Waals surface area contributed by atoms with Crippen molar-refractivity contribution >= 4 is 5.91 Å². The summed E-state index contributed by atoms with van der Waals surface area (Å²) in [5, 5.41) is 12.4. The quantitative estimate of drug-likeness (QED) is 0.813. The highest BCUT2D eigenvalue weighted by molar-refractivity contribution is 5.77. The van der Waals surface area contributed by atoms with E-state index in [9.17, 15) is 9.90 Å². The summed E-state index contributed by atoms with van der Waals surface area (Å²) in [5.41, 5.74) is 0.689. The van der Waals surface area contributed by atoms with Crippen LogP contribution in [0, 0.1) is 0 Å². The Morgan fingerprint density at radius 3 is 2.67 bits per heavy atom. The van der Waals surface area contributed by atoms with E-state index in [1.807, 2.05) is 26.0 Å². The van der Waals surface area contributed by atoms with E-state index in [2.05, 4.69) is 5.32 Å². The Kier molecular flexibility index (Phi) is 5.65. The zero-order chi connectivity index (χ0) is 13.5. The van der Waals surface area contributed by atoms with Crippen LogP contribution in [0.5, 0.6) is 5.75 Å². The molecule has 0 saturated heterocycles. The molecule has 0 heterocycles. The van der Waals surface area contributed by atoms with Crippen LogP contribution in [-0.2, 0) is 4.79 Å². The second kappa shape index (κ2) is 7.01. The first kappa shape index (κ1) is 14.5. The molecule has 0 aromatic heterocycles. The van der Waals surface area contributed by atoms with Crippen molar-refractivity contribution in [2.75, 3.05) is 6.61 Å². The standard InChI is InChI=1S/C14H21NO3/c1-4-10(2)15-14(17)9-18-13-8-6-5-7-12(13)11(3)16/h5-8,10-11,16H,4,9H2,1-3H3,(H,15,17)/t10?,11-/m1/s1. The third kappa shape index (κ3) is 4.37. The summed E-state index contributed by atoms with van der Waals surface area (Å²) in [6.07, 6.45) is 0.273. The van der Waals surface area contributed by atoms with Gasteiger partial charge in [-0.1, -0.05) is 25.1 Å². The van der Waals surface area contributed by atoms with E-state index in [4.69, 9.17) is 4.74 Å². The molecule has 18 heavy (non-hydrogen) atoms. The van der Waals surface area contributed by atoms with Gasteiger partial charge >= 0.3 is 0 Å². The average molecular weight is 251 g/mol. The number of hydrogen-bond acceptors (Lipinski definition) is 3. The molecular weight excluding hydrogens is 230 g/mol. The number of para-hydroxylation sites is 1. The number of aliphatic hydroxyl groups is 1. The van der Waals surface area contributed by atoms with Gasteiger partial charge in [0.05, 0.1) is 6.10 Å². The van der Waals surface area contributed by atoms with Gasteiger partial charge in [-0.2, -0.15) is 0 Å². The number of nitrogens with one attached hydrogen (secondary N) is 1. The lowest BCUT2D eigenvalue weighted by Crippen LogP contribution is -2.35. The Hall–Kier alpha value is -1.55. The summed E-state index contributed by atoms with van der Waals surface area (Å²) in [4.78, 5) is 11.6. The Labute approximate surface area is 108 Å². The number of aliphatic hydroxyl groups excluding tert-OH is 1. The topological polar surface area (TPSA) is 58.6 Å². The Bertz CT molecular complexity index is 390. The third-order valence-corrected chi connectivity index (χ3v) is 2.75. The molecule has 1 rings (SSSR count). The summed E-state index contributed by atoms with van der Waals surface area (Å²) in [7, 11) is 0. The molecule has 1 aromatic rings. The lowest BCUT2D eigenvalue weighted by molar-refractivity contribution is -0.123. The Balaban J connectivity index is 2.56. The predicted octanol–water partition coefficient (Wildman–Crippen LogP) is 2.03. The molecule has 0 aliphatic rings. The first-order chi connectivity index (χ1) is 8.54. The molecule has 4 heteroatoms. The largest absolute Gasteiger partial charge is 0.483 e. The van der Waals surface area contributed by atoms with Gasteiger partial charge in [0.25, 0.3) is 5.91 Å². The van der Waals surface area contributed by atoms with Crippen molar-refractivity contribution in [2.24, 2.45) is 0 Å². The SMILES string of the molecule is CCC(C)NC(=O)COc1ccccc1[C@@H](C)O. The second-order valence-corrected chi connectivity index (χ2v) is 4.38. The number of rotatable bonds is 6. The van der Waals surface area contributed by atoms with Crippen molar-refractivity contribution < 1.29 is 14.6 Å². The number of benzene rings is 1. The molecule has 4 nitrogen and oxygen atoms in total.